The van der Waals surface area contributed by atoms with Crippen molar-refractivity contribution in [1.82, 2.24) is 10.2 Å². The van der Waals surface area contributed by atoms with E-state index in [1.54, 1.807) is 25.1 Å². The van der Waals surface area contributed by atoms with Crippen LogP contribution in [-0.4, -0.2) is 50.5 Å². The number of para-hydroxylation sites is 1. The highest BCUT2D eigenvalue weighted by atomic mass is 32.2. The Morgan fingerprint density at radius 1 is 0.846 bits per heavy atom. The van der Waals surface area contributed by atoms with Gasteiger partial charge in [0.05, 0.1) is 11.9 Å². The third kappa shape index (κ3) is 8.42. The molecule has 0 radical (unpaired) electrons. The maximum absolute atomic E-state index is 14.1. The summed E-state index contributed by atoms with van der Waals surface area (Å²) in [6.45, 7) is 8.00. The Balaban J connectivity index is 2.06. The highest BCUT2D eigenvalue weighted by molar-refractivity contribution is 7.92. The van der Waals surface area contributed by atoms with Crippen LogP contribution in [0.15, 0.2) is 78.9 Å². The zero-order chi connectivity index (χ0) is 28.6. The summed E-state index contributed by atoms with van der Waals surface area (Å²) in [5.74, 6) is -0.488. The summed E-state index contributed by atoms with van der Waals surface area (Å²) in [6.07, 6.45) is 1.39. The molecule has 0 saturated heterocycles. The molecular formula is C31H39N3O4S. The zero-order valence-electron chi connectivity index (χ0n) is 23.4. The van der Waals surface area contributed by atoms with Gasteiger partial charge in [-0.2, -0.15) is 0 Å². The van der Waals surface area contributed by atoms with Crippen molar-refractivity contribution >= 4 is 27.5 Å². The minimum atomic E-state index is -3.79. The number of hydrogen-bond acceptors (Lipinski definition) is 4. The van der Waals surface area contributed by atoms with Gasteiger partial charge in [0.2, 0.25) is 21.8 Å². The fraction of sp³-hybridized carbons (Fsp3) is 0.355. The van der Waals surface area contributed by atoms with E-state index in [0.717, 1.165) is 32.8 Å². The van der Waals surface area contributed by atoms with E-state index >= 15 is 0 Å². The first-order valence-electron chi connectivity index (χ1n) is 13.2. The summed E-state index contributed by atoms with van der Waals surface area (Å²) >= 11 is 0. The van der Waals surface area contributed by atoms with E-state index in [1.807, 2.05) is 81.4 Å². The average Bonchev–Trinajstić information content (AvgIpc) is 2.89. The molecule has 39 heavy (non-hydrogen) atoms. The van der Waals surface area contributed by atoms with Crippen molar-refractivity contribution in [2.45, 2.75) is 46.7 Å². The molecule has 1 atom stereocenters. The lowest BCUT2D eigenvalue weighted by Crippen LogP contribution is -2.53. The van der Waals surface area contributed by atoms with Crippen LogP contribution in [0.5, 0.6) is 0 Å². The second-order valence-electron chi connectivity index (χ2n) is 10.3. The minimum absolute atomic E-state index is 0.170. The van der Waals surface area contributed by atoms with Crippen LogP contribution in [0.2, 0.25) is 0 Å². The number of carbonyl (C=O) groups excluding carboxylic acids is 2. The summed E-state index contributed by atoms with van der Waals surface area (Å²) in [5.41, 5.74) is 3.95. The molecule has 0 aliphatic carbocycles. The van der Waals surface area contributed by atoms with Crippen LogP contribution in [0, 0.1) is 19.8 Å². The summed E-state index contributed by atoms with van der Waals surface area (Å²) in [5, 5.41) is 3.00. The van der Waals surface area contributed by atoms with Crippen LogP contribution in [0.3, 0.4) is 0 Å². The minimum Gasteiger partial charge on any atom is -0.354 e. The predicted molar refractivity (Wildman–Crippen MR) is 157 cm³/mol. The van der Waals surface area contributed by atoms with Gasteiger partial charge in [-0.15, -0.1) is 0 Å². The van der Waals surface area contributed by atoms with E-state index in [2.05, 4.69) is 5.32 Å². The molecule has 0 aliphatic rings. The van der Waals surface area contributed by atoms with E-state index in [4.69, 9.17) is 0 Å². The predicted octanol–water partition coefficient (Wildman–Crippen LogP) is 4.48. The molecule has 3 aromatic carbocycles. The monoisotopic (exact) mass is 549 g/mol. The third-order valence-electron chi connectivity index (χ3n) is 6.62. The molecule has 0 fully saturated rings. The van der Waals surface area contributed by atoms with Crippen molar-refractivity contribution in [2.24, 2.45) is 5.92 Å². The number of carbonyl (C=O) groups is 2. The molecule has 3 aromatic rings. The maximum Gasteiger partial charge on any atom is 0.244 e. The molecular weight excluding hydrogens is 510 g/mol. The zero-order valence-corrected chi connectivity index (χ0v) is 24.2. The van der Waals surface area contributed by atoms with Gasteiger partial charge in [0.1, 0.15) is 12.6 Å². The quantitative estimate of drug-likeness (QED) is 0.361. The number of amides is 2. The fourth-order valence-electron chi connectivity index (χ4n) is 4.39. The van der Waals surface area contributed by atoms with E-state index in [0.29, 0.717) is 18.7 Å². The van der Waals surface area contributed by atoms with Crippen molar-refractivity contribution in [1.29, 1.82) is 0 Å². The highest BCUT2D eigenvalue weighted by Crippen LogP contribution is 2.24. The van der Waals surface area contributed by atoms with Crippen LogP contribution in [0.4, 0.5) is 5.69 Å². The molecule has 3 rings (SSSR count). The lowest BCUT2D eigenvalue weighted by molar-refractivity contribution is -0.140. The van der Waals surface area contributed by atoms with Gasteiger partial charge < -0.3 is 10.2 Å². The fourth-order valence-corrected chi connectivity index (χ4v) is 5.29. The standard InChI is InChI=1S/C31H39N3O4S/c1-23(2)20-32-31(36)29(19-26-15-7-6-8-16-26)33(21-27-17-11-9-13-24(27)3)30(35)22-34(39(5,37)38)28-18-12-10-14-25(28)4/h6-18,23,29H,19-22H2,1-5H3,(H,32,36). The second kappa shape index (κ2) is 13.4. The largest absolute Gasteiger partial charge is 0.354 e. The summed E-state index contributed by atoms with van der Waals surface area (Å²) in [7, 11) is -3.79. The van der Waals surface area contributed by atoms with Gasteiger partial charge in [0.15, 0.2) is 0 Å². The first-order valence-corrected chi connectivity index (χ1v) is 15.0. The molecule has 0 aromatic heterocycles. The number of rotatable bonds is 12. The number of aryl methyl sites for hydroxylation is 2. The Kier molecular flexibility index (Phi) is 10.3. The van der Waals surface area contributed by atoms with E-state index in [1.165, 1.54) is 4.90 Å². The van der Waals surface area contributed by atoms with Crippen molar-refractivity contribution in [3.05, 3.63) is 101 Å². The highest BCUT2D eigenvalue weighted by Gasteiger charge is 2.33. The van der Waals surface area contributed by atoms with E-state index in [9.17, 15) is 18.0 Å². The number of benzene rings is 3. The van der Waals surface area contributed by atoms with Gasteiger partial charge in [0.25, 0.3) is 0 Å². The Morgan fingerprint density at radius 3 is 2.03 bits per heavy atom. The smallest absolute Gasteiger partial charge is 0.244 e. The molecule has 8 heteroatoms. The van der Waals surface area contributed by atoms with Crippen LogP contribution >= 0.6 is 0 Å². The number of anilines is 1. The van der Waals surface area contributed by atoms with Gasteiger partial charge >= 0.3 is 0 Å². The van der Waals surface area contributed by atoms with Crippen LogP contribution < -0.4 is 9.62 Å². The molecule has 0 bridgehead atoms. The molecule has 0 spiro atoms. The molecule has 1 unspecified atom stereocenters. The van der Waals surface area contributed by atoms with E-state index < -0.39 is 28.5 Å². The molecule has 0 heterocycles. The van der Waals surface area contributed by atoms with Crippen molar-refractivity contribution in [2.75, 3.05) is 23.7 Å². The lowest BCUT2D eigenvalue weighted by atomic mass is 10.0. The third-order valence-corrected chi connectivity index (χ3v) is 7.75. The summed E-state index contributed by atoms with van der Waals surface area (Å²) in [4.78, 5) is 29.3. The van der Waals surface area contributed by atoms with Gasteiger partial charge in [-0.25, -0.2) is 8.42 Å². The van der Waals surface area contributed by atoms with Crippen LogP contribution in [-0.2, 0) is 32.6 Å². The molecule has 0 saturated carbocycles. The first-order chi connectivity index (χ1) is 18.5. The Labute approximate surface area is 232 Å². The molecule has 208 valence electrons. The molecule has 7 nitrogen and oxygen atoms in total. The van der Waals surface area contributed by atoms with Crippen molar-refractivity contribution < 1.29 is 18.0 Å². The Morgan fingerprint density at radius 2 is 1.44 bits per heavy atom. The number of sulfonamides is 1. The second-order valence-corrected chi connectivity index (χ2v) is 12.3. The SMILES string of the molecule is Cc1ccccc1CN(C(=O)CN(c1ccccc1C)S(C)(=O)=O)C(Cc1ccccc1)C(=O)NCC(C)C. The average molecular weight is 550 g/mol. The van der Waals surface area contributed by atoms with Crippen LogP contribution in [0.1, 0.15) is 36.1 Å². The summed E-state index contributed by atoms with van der Waals surface area (Å²) in [6, 6.07) is 23.5. The van der Waals surface area contributed by atoms with Gasteiger partial charge in [0, 0.05) is 19.5 Å². The summed E-state index contributed by atoms with van der Waals surface area (Å²) < 4.78 is 26.9. The van der Waals surface area contributed by atoms with Gasteiger partial charge in [-0.3, -0.25) is 13.9 Å². The Bertz CT molecular complexity index is 1370. The Hall–Kier alpha value is -3.65. The maximum atomic E-state index is 14.1. The van der Waals surface area contributed by atoms with Gasteiger partial charge in [-0.05, 0) is 48.1 Å². The first kappa shape index (κ1) is 29.9. The van der Waals surface area contributed by atoms with E-state index in [-0.39, 0.29) is 18.4 Å². The van der Waals surface area contributed by atoms with Crippen LogP contribution in [0.25, 0.3) is 0 Å². The topological polar surface area (TPSA) is 86.8 Å². The normalized spacial score (nSPS) is 12.2. The number of nitrogens with zero attached hydrogens (tertiary/aromatic N) is 2. The lowest BCUT2D eigenvalue weighted by Gasteiger charge is -2.34. The number of hydrogen-bond donors (Lipinski definition) is 1. The molecule has 2 amide bonds. The number of nitrogens with one attached hydrogen (secondary N) is 1. The molecule has 0 aliphatic heterocycles. The van der Waals surface area contributed by atoms with Gasteiger partial charge in [-0.1, -0.05) is 86.6 Å². The van der Waals surface area contributed by atoms with Crippen molar-refractivity contribution in [3.63, 3.8) is 0 Å². The van der Waals surface area contributed by atoms with Crippen molar-refractivity contribution in [3.8, 4) is 0 Å². The molecule has 1 N–H and O–H groups in total.